The molecule has 2 heterocycles. The van der Waals surface area contributed by atoms with Crippen LogP contribution in [0.1, 0.15) is 29.8 Å². The SMILES string of the molecule is COCc1nc(NC2CCCN(Cc3cccc(C(F)(F)F)c3)C2=O)cc(OC)n1. The number of rotatable bonds is 7. The van der Waals surface area contributed by atoms with E-state index in [1.165, 1.54) is 20.3 Å². The molecule has 2 aromatic rings. The van der Waals surface area contributed by atoms with E-state index in [0.717, 1.165) is 18.6 Å². The average Bonchev–Trinajstić information content (AvgIpc) is 2.70. The predicted molar refractivity (Wildman–Crippen MR) is 103 cm³/mol. The molecule has 1 fully saturated rings. The number of nitrogens with zero attached hydrogens (tertiary/aromatic N) is 3. The number of carbonyl (C=O) groups excluding carboxylic acids is 1. The van der Waals surface area contributed by atoms with Crippen LogP contribution in [0.25, 0.3) is 0 Å². The van der Waals surface area contributed by atoms with Crippen molar-refractivity contribution >= 4 is 11.7 Å². The number of alkyl halides is 3. The summed E-state index contributed by atoms with van der Waals surface area (Å²) in [5.74, 6) is 0.977. The van der Waals surface area contributed by atoms with Crippen molar-refractivity contribution in [1.29, 1.82) is 0 Å². The number of likely N-dealkylation sites (tertiary alicyclic amines) is 1. The van der Waals surface area contributed by atoms with Crippen LogP contribution in [-0.4, -0.2) is 47.6 Å². The van der Waals surface area contributed by atoms with E-state index < -0.39 is 17.8 Å². The molecular formula is C20H23F3N4O3. The van der Waals surface area contributed by atoms with Gasteiger partial charge in [0.05, 0.1) is 12.7 Å². The highest BCUT2D eigenvalue weighted by Crippen LogP contribution is 2.30. The molecule has 30 heavy (non-hydrogen) atoms. The van der Waals surface area contributed by atoms with Gasteiger partial charge in [-0.2, -0.15) is 18.2 Å². The third-order valence-electron chi connectivity index (χ3n) is 4.71. The van der Waals surface area contributed by atoms with Gasteiger partial charge in [0.2, 0.25) is 11.8 Å². The molecule has 1 aliphatic heterocycles. The van der Waals surface area contributed by atoms with E-state index in [4.69, 9.17) is 9.47 Å². The van der Waals surface area contributed by atoms with Crippen LogP contribution in [0.5, 0.6) is 5.88 Å². The lowest BCUT2D eigenvalue weighted by Crippen LogP contribution is -2.47. The number of methoxy groups -OCH3 is 2. The zero-order chi connectivity index (χ0) is 21.7. The van der Waals surface area contributed by atoms with Crippen LogP contribution in [0.3, 0.4) is 0 Å². The quantitative estimate of drug-likeness (QED) is 0.735. The first-order valence-electron chi connectivity index (χ1n) is 9.42. The molecule has 10 heteroatoms. The highest BCUT2D eigenvalue weighted by molar-refractivity contribution is 5.85. The Morgan fingerprint density at radius 3 is 2.73 bits per heavy atom. The van der Waals surface area contributed by atoms with Crippen LogP contribution >= 0.6 is 0 Å². The maximum Gasteiger partial charge on any atom is 0.416 e. The van der Waals surface area contributed by atoms with Crippen molar-refractivity contribution in [2.45, 2.75) is 38.2 Å². The molecule has 3 rings (SSSR count). The summed E-state index contributed by atoms with van der Waals surface area (Å²) in [7, 11) is 3.00. The minimum Gasteiger partial charge on any atom is -0.481 e. The van der Waals surface area contributed by atoms with Crippen molar-refractivity contribution in [2.24, 2.45) is 0 Å². The van der Waals surface area contributed by atoms with Gasteiger partial charge >= 0.3 is 6.18 Å². The fourth-order valence-electron chi connectivity index (χ4n) is 3.32. The molecule has 7 nitrogen and oxygen atoms in total. The largest absolute Gasteiger partial charge is 0.481 e. The van der Waals surface area contributed by atoms with Crippen LogP contribution in [-0.2, 0) is 28.9 Å². The van der Waals surface area contributed by atoms with E-state index in [0.29, 0.717) is 36.1 Å². The van der Waals surface area contributed by atoms with Gasteiger partial charge in [-0.1, -0.05) is 12.1 Å². The van der Waals surface area contributed by atoms with Crippen LogP contribution in [0.2, 0.25) is 0 Å². The molecule has 1 unspecified atom stereocenters. The summed E-state index contributed by atoms with van der Waals surface area (Å²) in [6.07, 6.45) is -3.11. The van der Waals surface area contributed by atoms with Gasteiger partial charge in [-0.3, -0.25) is 4.79 Å². The fourth-order valence-corrected chi connectivity index (χ4v) is 3.32. The maximum atomic E-state index is 13.0. The number of nitrogens with one attached hydrogen (secondary N) is 1. The minimum absolute atomic E-state index is 0.114. The number of hydrogen-bond donors (Lipinski definition) is 1. The maximum absolute atomic E-state index is 13.0. The molecule has 0 saturated carbocycles. The topological polar surface area (TPSA) is 76.6 Å². The first-order chi connectivity index (χ1) is 14.3. The molecule has 1 atom stereocenters. The first kappa shape index (κ1) is 21.8. The van der Waals surface area contributed by atoms with Gasteiger partial charge in [-0.05, 0) is 30.5 Å². The molecule has 162 valence electrons. The lowest BCUT2D eigenvalue weighted by Gasteiger charge is -2.33. The molecule has 0 bridgehead atoms. The van der Waals surface area contributed by atoms with Gasteiger partial charge in [0.15, 0.2) is 5.82 Å². The fraction of sp³-hybridized carbons (Fsp3) is 0.450. The zero-order valence-electron chi connectivity index (χ0n) is 16.7. The Morgan fingerprint density at radius 2 is 2.03 bits per heavy atom. The Labute approximate surface area is 172 Å². The first-order valence-corrected chi connectivity index (χ1v) is 9.42. The molecular weight excluding hydrogens is 401 g/mol. The van der Waals surface area contributed by atoms with E-state index in [9.17, 15) is 18.0 Å². The van der Waals surface area contributed by atoms with Gasteiger partial charge in [0.1, 0.15) is 18.5 Å². The molecule has 0 spiro atoms. The summed E-state index contributed by atoms with van der Waals surface area (Å²) in [6.45, 7) is 0.782. The van der Waals surface area contributed by atoms with Gasteiger partial charge in [-0.15, -0.1) is 0 Å². The van der Waals surface area contributed by atoms with Crippen molar-refractivity contribution in [3.05, 3.63) is 47.3 Å². The Kier molecular flexibility index (Phi) is 6.76. The number of carbonyl (C=O) groups is 1. The van der Waals surface area contributed by atoms with Gasteiger partial charge in [-0.25, -0.2) is 4.98 Å². The molecule has 1 aromatic carbocycles. The van der Waals surface area contributed by atoms with Gasteiger partial charge < -0.3 is 19.7 Å². The molecule has 1 amide bonds. The van der Waals surface area contributed by atoms with Crippen LogP contribution in [0.15, 0.2) is 30.3 Å². The smallest absolute Gasteiger partial charge is 0.416 e. The number of hydrogen-bond acceptors (Lipinski definition) is 6. The number of benzene rings is 1. The number of piperidine rings is 1. The van der Waals surface area contributed by atoms with E-state index in [1.807, 2.05) is 0 Å². The standard InChI is InChI=1S/C20H23F3N4O3/c1-29-12-17-25-16(10-18(26-17)30-2)24-15-7-4-8-27(19(15)28)11-13-5-3-6-14(9-13)20(21,22)23/h3,5-6,9-10,15H,4,7-8,11-12H2,1-2H3,(H,24,25,26). The number of anilines is 1. The van der Waals surface area contributed by atoms with E-state index in [-0.39, 0.29) is 19.1 Å². The Bertz CT molecular complexity index is 892. The van der Waals surface area contributed by atoms with E-state index in [1.54, 1.807) is 17.0 Å². The van der Waals surface area contributed by atoms with Crippen molar-refractivity contribution in [3.63, 3.8) is 0 Å². The summed E-state index contributed by atoms with van der Waals surface area (Å²) in [5.41, 5.74) is -0.289. The van der Waals surface area contributed by atoms with Crippen molar-refractivity contribution < 1.29 is 27.4 Å². The molecule has 1 N–H and O–H groups in total. The number of ether oxygens (including phenoxy) is 2. The lowest BCUT2D eigenvalue weighted by molar-refractivity contribution is -0.137. The molecule has 1 saturated heterocycles. The second kappa shape index (κ2) is 9.29. The minimum atomic E-state index is -4.42. The number of amides is 1. The Hall–Kier alpha value is -2.88. The third-order valence-corrected chi connectivity index (χ3v) is 4.71. The summed E-state index contributed by atoms with van der Waals surface area (Å²) in [5, 5.41) is 3.10. The highest BCUT2D eigenvalue weighted by atomic mass is 19.4. The van der Waals surface area contributed by atoms with Crippen molar-refractivity contribution in [2.75, 3.05) is 26.1 Å². The van der Waals surface area contributed by atoms with Crippen molar-refractivity contribution in [3.8, 4) is 5.88 Å². The summed E-state index contributed by atoms with van der Waals surface area (Å²) < 4.78 is 49.1. The summed E-state index contributed by atoms with van der Waals surface area (Å²) in [6, 6.07) is 6.08. The average molecular weight is 424 g/mol. The summed E-state index contributed by atoms with van der Waals surface area (Å²) in [4.78, 5) is 23.0. The van der Waals surface area contributed by atoms with E-state index >= 15 is 0 Å². The Balaban J connectivity index is 1.72. The van der Waals surface area contributed by atoms with Crippen LogP contribution in [0, 0.1) is 0 Å². The lowest BCUT2D eigenvalue weighted by atomic mass is 10.0. The normalized spacial score (nSPS) is 17.2. The zero-order valence-corrected chi connectivity index (χ0v) is 16.7. The monoisotopic (exact) mass is 424 g/mol. The second-order valence-electron chi connectivity index (χ2n) is 6.94. The number of halogens is 3. The van der Waals surface area contributed by atoms with Gasteiger partial charge in [0.25, 0.3) is 0 Å². The van der Waals surface area contributed by atoms with Crippen LogP contribution < -0.4 is 10.1 Å². The molecule has 0 aliphatic carbocycles. The number of aromatic nitrogens is 2. The second-order valence-corrected chi connectivity index (χ2v) is 6.94. The molecule has 1 aliphatic rings. The third kappa shape index (κ3) is 5.38. The molecule has 0 radical (unpaired) electrons. The molecule has 1 aromatic heterocycles. The van der Waals surface area contributed by atoms with Crippen LogP contribution in [0.4, 0.5) is 19.0 Å². The highest BCUT2D eigenvalue weighted by Gasteiger charge is 2.32. The summed E-state index contributed by atoms with van der Waals surface area (Å²) >= 11 is 0. The van der Waals surface area contributed by atoms with Gasteiger partial charge in [0, 0.05) is 26.3 Å². The predicted octanol–water partition coefficient (Wildman–Crippen LogP) is 3.25. The van der Waals surface area contributed by atoms with Crippen molar-refractivity contribution in [1.82, 2.24) is 14.9 Å². The van der Waals surface area contributed by atoms with E-state index in [2.05, 4.69) is 15.3 Å². The Morgan fingerprint density at radius 1 is 1.23 bits per heavy atom.